The SMILES string of the molecule is CCNC(=NCCc1ccc2ccccc2c1)N1CCS(=O)(=O)C(C)(C)C1. The van der Waals surface area contributed by atoms with Gasteiger partial charge < -0.3 is 10.2 Å². The van der Waals surface area contributed by atoms with E-state index >= 15 is 0 Å². The second-order valence-electron chi connectivity index (χ2n) is 7.67. The number of rotatable bonds is 4. The lowest BCUT2D eigenvalue weighted by atomic mass is 10.1. The van der Waals surface area contributed by atoms with Crippen LogP contribution in [0.2, 0.25) is 0 Å². The first-order valence-corrected chi connectivity index (χ1v) is 11.2. The molecule has 1 fully saturated rings. The Hall–Kier alpha value is -2.08. The van der Waals surface area contributed by atoms with Gasteiger partial charge in [0.2, 0.25) is 0 Å². The van der Waals surface area contributed by atoms with Crippen LogP contribution in [0.15, 0.2) is 47.5 Å². The first-order chi connectivity index (χ1) is 12.8. The summed E-state index contributed by atoms with van der Waals surface area (Å²) in [5.41, 5.74) is 1.26. The fourth-order valence-electron chi connectivity index (χ4n) is 3.44. The quantitative estimate of drug-likeness (QED) is 0.647. The van der Waals surface area contributed by atoms with Crippen molar-refractivity contribution in [3.05, 3.63) is 48.0 Å². The van der Waals surface area contributed by atoms with Gasteiger partial charge in [0.05, 0.1) is 10.5 Å². The van der Waals surface area contributed by atoms with Crippen LogP contribution in [-0.2, 0) is 16.3 Å². The zero-order valence-corrected chi connectivity index (χ0v) is 17.2. The standard InChI is InChI=1S/C21H29N3O2S/c1-4-22-20(24-13-14-27(25,26)21(2,3)16-24)23-12-11-17-9-10-18-7-5-6-8-19(18)15-17/h5-10,15H,4,11-14,16H2,1-3H3,(H,22,23). The normalized spacial score (nSPS) is 19.2. The average molecular weight is 388 g/mol. The highest BCUT2D eigenvalue weighted by atomic mass is 32.2. The van der Waals surface area contributed by atoms with Crippen molar-refractivity contribution in [2.24, 2.45) is 4.99 Å². The lowest BCUT2D eigenvalue weighted by Gasteiger charge is -2.39. The van der Waals surface area contributed by atoms with Gasteiger partial charge in [0, 0.05) is 26.2 Å². The molecule has 5 nitrogen and oxygen atoms in total. The zero-order valence-electron chi connectivity index (χ0n) is 16.4. The highest BCUT2D eigenvalue weighted by Crippen LogP contribution is 2.23. The molecule has 1 heterocycles. The Bertz CT molecular complexity index is 935. The van der Waals surface area contributed by atoms with Crippen LogP contribution in [-0.4, -0.2) is 56.0 Å². The number of sulfone groups is 1. The van der Waals surface area contributed by atoms with Crippen molar-refractivity contribution < 1.29 is 8.42 Å². The third kappa shape index (κ3) is 4.43. The van der Waals surface area contributed by atoms with Crippen molar-refractivity contribution in [2.45, 2.75) is 31.9 Å². The summed E-state index contributed by atoms with van der Waals surface area (Å²) in [4.78, 5) is 6.84. The highest BCUT2D eigenvalue weighted by molar-refractivity contribution is 7.92. The molecule has 1 aliphatic heterocycles. The maximum Gasteiger partial charge on any atom is 0.194 e. The van der Waals surface area contributed by atoms with Gasteiger partial charge in [0.1, 0.15) is 0 Å². The second-order valence-corrected chi connectivity index (χ2v) is 10.4. The number of nitrogens with zero attached hydrogens (tertiary/aromatic N) is 2. The fourth-order valence-corrected chi connectivity index (χ4v) is 4.80. The Labute approximate surface area is 162 Å². The molecule has 0 aliphatic carbocycles. The van der Waals surface area contributed by atoms with Gasteiger partial charge in [-0.25, -0.2) is 8.42 Å². The predicted molar refractivity (Wildman–Crippen MR) is 113 cm³/mol. The lowest BCUT2D eigenvalue weighted by molar-refractivity contribution is 0.353. The zero-order chi connectivity index (χ0) is 19.5. The van der Waals surface area contributed by atoms with Gasteiger partial charge in [0.15, 0.2) is 15.8 Å². The molecule has 0 spiro atoms. The number of hydrogen-bond donors (Lipinski definition) is 1. The molecular formula is C21H29N3O2S. The van der Waals surface area contributed by atoms with Crippen LogP contribution >= 0.6 is 0 Å². The van der Waals surface area contributed by atoms with E-state index < -0.39 is 14.6 Å². The Balaban J connectivity index is 1.70. The maximum absolute atomic E-state index is 12.2. The molecule has 2 aromatic rings. The van der Waals surface area contributed by atoms with Gasteiger partial charge >= 0.3 is 0 Å². The van der Waals surface area contributed by atoms with E-state index in [9.17, 15) is 8.42 Å². The minimum absolute atomic E-state index is 0.176. The van der Waals surface area contributed by atoms with Gasteiger partial charge in [-0.3, -0.25) is 4.99 Å². The molecule has 0 saturated carbocycles. The van der Waals surface area contributed by atoms with Crippen molar-refractivity contribution in [1.29, 1.82) is 0 Å². The van der Waals surface area contributed by atoms with E-state index in [-0.39, 0.29) is 5.75 Å². The molecule has 0 atom stereocenters. The van der Waals surface area contributed by atoms with E-state index in [0.29, 0.717) is 19.6 Å². The smallest absolute Gasteiger partial charge is 0.194 e. The van der Waals surface area contributed by atoms with Gasteiger partial charge in [-0.05, 0) is 43.5 Å². The molecule has 3 rings (SSSR count). The highest BCUT2D eigenvalue weighted by Gasteiger charge is 2.40. The maximum atomic E-state index is 12.2. The summed E-state index contributed by atoms with van der Waals surface area (Å²) in [6, 6.07) is 14.9. The number of fused-ring (bicyclic) bond motifs is 1. The van der Waals surface area contributed by atoms with Gasteiger partial charge in [-0.1, -0.05) is 42.5 Å². The van der Waals surface area contributed by atoms with Crippen LogP contribution < -0.4 is 5.32 Å². The summed E-state index contributed by atoms with van der Waals surface area (Å²) in [6.07, 6.45) is 0.856. The Morgan fingerprint density at radius 3 is 2.63 bits per heavy atom. The van der Waals surface area contributed by atoms with E-state index in [2.05, 4.69) is 52.7 Å². The van der Waals surface area contributed by atoms with E-state index in [1.165, 1.54) is 16.3 Å². The van der Waals surface area contributed by atoms with Crippen molar-refractivity contribution >= 4 is 26.6 Å². The Morgan fingerprint density at radius 2 is 1.93 bits per heavy atom. The largest absolute Gasteiger partial charge is 0.357 e. The van der Waals surface area contributed by atoms with Crippen LogP contribution in [0.4, 0.5) is 0 Å². The molecule has 0 aromatic heterocycles. The summed E-state index contributed by atoms with van der Waals surface area (Å²) in [5.74, 6) is 0.982. The third-order valence-electron chi connectivity index (χ3n) is 5.15. The number of benzene rings is 2. The Morgan fingerprint density at radius 1 is 1.19 bits per heavy atom. The van der Waals surface area contributed by atoms with Crippen molar-refractivity contribution in [1.82, 2.24) is 10.2 Å². The topological polar surface area (TPSA) is 61.8 Å². The first kappa shape index (κ1) is 19.7. The van der Waals surface area contributed by atoms with Crippen molar-refractivity contribution in [2.75, 3.05) is 31.9 Å². The summed E-state index contributed by atoms with van der Waals surface area (Å²) >= 11 is 0. The molecule has 0 amide bonds. The van der Waals surface area contributed by atoms with Crippen LogP contribution in [0.1, 0.15) is 26.3 Å². The molecule has 27 heavy (non-hydrogen) atoms. The van der Waals surface area contributed by atoms with E-state index in [0.717, 1.165) is 18.9 Å². The summed E-state index contributed by atoms with van der Waals surface area (Å²) in [5, 5.41) is 5.80. The minimum Gasteiger partial charge on any atom is -0.357 e. The average Bonchev–Trinajstić information content (AvgIpc) is 2.63. The van der Waals surface area contributed by atoms with Gasteiger partial charge in [0.25, 0.3) is 0 Å². The van der Waals surface area contributed by atoms with Crippen LogP contribution in [0.25, 0.3) is 10.8 Å². The van der Waals surface area contributed by atoms with Crippen LogP contribution in [0.5, 0.6) is 0 Å². The molecule has 1 N–H and O–H groups in total. The number of guanidine groups is 1. The minimum atomic E-state index is -3.05. The molecule has 1 aliphatic rings. The predicted octanol–water partition coefficient (Wildman–Crippen LogP) is 2.86. The first-order valence-electron chi connectivity index (χ1n) is 9.56. The van der Waals surface area contributed by atoms with Crippen LogP contribution in [0.3, 0.4) is 0 Å². The summed E-state index contributed by atoms with van der Waals surface area (Å²) in [6.45, 7) is 8.03. The molecular weight excluding hydrogens is 358 g/mol. The molecule has 0 bridgehead atoms. The molecule has 0 radical (unpaired) electrons. The molecule has 1 saturated heterocycles. The molecule has 0 unspecified atom stereocenters. The number of hydrogen-bond acceptors (Lipinski definition) is 3. The number of aliphatic imine (C=N–C) groups is 1. The van der Waals surface area contributed by atoms with E-state index in [1.54, 1.807) is 13.8 Å². The van der Waals surface area contributed by atoms with Crippen molar-refractivity contribution in [3.8, 4) is 0 Å². The van der Waals surface area contributed by atoms with Gasteiger partial charge in [-0.15, -0.1) is 0 Å². The number of nitrogens with one attached hydrogen (secondary N) is 1. The van der Waals surface area contributed by atoms with E-state index in [4.69, 9.17) is 4.99 Å². The van der Waals surface area contributed by atoms with E-state index in [1.807, 2.05) is 6.92 Å². The molecule has 6 heteroatoms. The monoisotopic (exact) mass is 387 g/mol. The van der Waals surface area contributed by atoms with Gasteiger partial charge in [-0.2, -0.15) is 0 Å². The molecule has 146 valence electrons. The third-order valence-corrected chi connectivity index (χ3v) is 7.69. The summed E-state index contributed by atoms with van der Waals surface area (Å²) < 4.78 is 23.7. The lowest BCUT2D eigenvalue weighted by Crippen LogP contribution is -2.57. The fraction of sp³-hybridized carbons (Fsp3) is 0.476. The van der Waals surface area contributed by atoms with Crippen molar-refractivity contribution in [3.63, 3.8) is 0 Å². The molecule has 2 aromatic carbocycles. The van der Waals surface area contributed by atoms with Crippen LogP contribution in [0, 0.1) is 0 Å². The Kier molecular flexibility index (Phi) is 5.75. The summed E-state index contributed by atoms with van der Waals surface area (Å²) in [7, 11) is -3.05. The second kappa shape index (κ2) is 7.89.